The van der Waals surface area contributed by atoms with E-state index in [1.807, 2.05) is 6.92 Å². The molecule has 0 aromatic rings. The summed E-state index contributed by atoms with van der Waals surface area (Å²) in [5.41, 5.74) is 0. The Balaban J connectivity index is 2.29. The second-order valence-corrected chi connectivity index (χ2v) is 4.44. The Bertz CT molecular complexity index is 262. The molecule has 0 heterocycles. The Morgan fingerprint density at radius 3 is 2.47 bits per heavy atom. The maximum atomic E-state index is 11.9. The van der Waals surface area contributed by atoms with Gasteiger partial charge in [-0.2, -0.15) is 0 Å². The van der Waals surface area contributed by atoms with Gasteiger partial charge in [-0.3, -0.25) is 9.59 Å². The molecular weight excluding hydrogens is 218 g/mol. The van der Waals surface area contributed by atoms with Gasteiger partial charge in [0, 0.05) is 19.6 Å². The van der Waals surface area contributed by atoms with Crippen LogP contribution in [0.1, 0.15) is 32.6 Å². The summed E-state index contributed by atoms with van der Waals surface area (Å²) < 4.78 is 0. The second-order valence-electron chi connectivity index (χ2n) is 4.44. The highest BCUT2D eigenvalue weighted by molar-refractivity contribution is 5.85. The van der Waals surface area contributed by atoms with Crippen molar-refractivity contribution in [1.82, 2.24) is 15.5 Å². The van der Waals surface area contributed by atoms with Crippen molar-refractivity contribution in [3.05, 3.63) is 0 Å². The second kappa shape index (κ2) is 7.27. The van der Waals surface area contributed by atoms with Crippen LogP contribution in [-0.4, -0.2) is 49.4 Å². The van der Waals surface area contributed by atoms with Gasteiger partial charge < -0.3 is 15.5 Å². The molecule has 0 saturated heterocycles. The van der Waals surface area contributed by atoms with Crippen LogP contribution < -0.4 is 10.6 Å². The molecule has 98 valence electrons. The molecule has 0 aromatic heterocycles. The number of amides is 2. The predicted molar refractivity (Wildman–Crippen MR) is 66.6 cm³/mol. The minimum atomic E-state index is -0.124. The van der Waals surface area contributed by atoms with Crippen molar-refractivity contribution >= 4 is 11.8 Å². The Hall–Kier alpha value is -1.10. The van der Waals surface area contributed by atoms with Gasteiger partial charge in [-0.15, -0.1) is 0 Å². The molecule has 5 heteroatoms. The summed E-state index contributed by atoms with van der Waals surface area (Å²) in [4.78, 5) is 24.7. The van der Waals surface area contributed by atoms with E-state index in [0.717, 1.165) is 12.8 Å². The van der Waals surface area contributed by atoms with Gasteiger partial charge in [0.05, 0.1) is 13.1 Å². The lowest BCUT2D eigenvalue weighted by molar-refractivity contribution is -0.135. The molecule has 1 rings (SSSR count). The van der Waals surface area contributed by atoms with Crippen LogP contribution in [0.15, 0.2) is 0 Å². The minimum Gasteiger partial charge on any atom is -0.358 e. The van der Waals surface area contributed by atoms with Crippen molar-refractivity contribution in [1.29, 1.82) is 0 Å². The third-order valence-electron chi connectivity index (χ3n) is 3.24. The molecule has 1 aliphatic carbocycles. The molecule has 2 N–H and O–H groups in total. The fourth-order valence-electron chi connectivity index (χ4n) is 2.10. The number of nitrogens with one attached hydrogen (secondary N) is 2. The molecule has 1 aliphatic rings. The zero-order chi connectivity index (χ0) is 12.7. The third kappa shape index (κ3) is 4.73. The van der Waals surface area contributed by atoms with E-state index >= 15 is 0 Å². The van der Waals surface area contributed by atoms with Gasteiger partial charge in [-0.1, -0.05) is 12.8 Å². The SMILES string of the molecule is CCN(CC(=O)NC)C(=O)CNC1CCCC1. The van der Waals surface area contributed by atoms with Gasteiger partial charge in [0.25, 0.3) is 0 Å². The summed E-state index contributed by atoms with van der Waals surface area (Å²) in [6.45, 7) is 2.95. The van der Waals surface area contributed by atoms with Crippen molar-refractivity contribution in [2.24, 2.45) is 0 Å². The molecule has 17 heavy (non-hydrogen) atoms. The van der Waals surface area contributed by atoms with E-state index in [1.165, 1.54) is 12.8 Å². The van der Waals surface area contributed by atoms with Crippen LogP contribution in [0.4, 0.5) is 0 Å². The van der Waals surface area contributed by atoms with Crippen LogP contribution in [0.2, 0.25) is 0 Å². The monoisotopic (exact) mass is 241 g/mol. The highest BCUT2D eigenvalue weighted by Gasteiger charge is 2.18. The Labute approximate surface area is 103 Å². The van der Waals surface area contributed by atoms with Crippen molar-refractivity contribution in [2.45, 2.75) is 38.6 Å². The molecule has 0 aliphatic heterocycles. The molecule has 0 aromatic carbocycles. The lowest BCUT2D eigenvalue weighted by Crippen LogP contribution is -2.44. The van der Waals surface area contributed by atoms with Crippen molar-refractivity contribution in [3.8, 4) is 0 Å². The molecular formula is C12H23N3O2. The summed E-state index contributed by atoms with van der Waals surface area (Å²) in [6, 6.07) is 0.484. The van der Waals surface area contributed by atoms with Crippen LogP contribution in [0.3, 0.4) is 0 Å². The number of rotatable bonds is 6. The summed E-state index contributed by atoms with van der Waals surface area (Å²) >= 11 is 0. The number of carbonyl (C=O) groups excluding carboxylic acids is 2. The minimum absolute atomic E-state index is 0.00278. The van der Waals surface area contributed by atoms with Crippen molar-refractivity contribution in [3.63, 3.8) is 0 Å². The molecule has 1 fully saturated rings. The lowest BCUT2D eigenvalue weighted by Gasteiger charge is -2.21. The van der Waals surface area contributed by atoms with E-state index in [-0.39, 0.29) is 18.4 Å². The first-order valence-electron chi connectivity index (χ1n) is 6.39. The molecule has 0 spiro atoms. The van der Waals surface area contributed by atoms with Crippen molar-refractivity contribution in [2.75, 3.05) is 26.7 Å². The zero-order valence-electron chi connectivity index (χ0n) is 10.8. The average molecular weight is 241 g/mol. The normalized spacial score (nSPS) is 15.9. The van der Waals surface area contributed by atoms with E-state index in [2.05, 4.69) is 10.6 Å². The Morgan fingerprint density at radius 2 is 1.94 bits per heavy atom. The molecule has 1 saturated carbocycles. The quantitative estimate of drug-likeness (QED) is 0.694. The summed E-state index contributed by atoms with van der Waals surface area (Å²) in [7, 11) is 1.58. The van der Waals surface area contributed by atoms with E-state index in [4.69, 9.17) is 0 Å². The van der Waals surface area contributed by atoms with Gasteiger partial charge in [0.15, 0.2) is 0 Å². The maximum absolute atomic E-state index is 11.9. The van der Waals surface area contributed by atoms with Crippen LogP contribution in [0.25, 0.3) is 0 Å². The third-order valence-corrected chi connectivity index (χ3v) is 3.24. The van der Waals surface area contributed by atoms with Crippen molar-refractivity contribution < 1.29 is 9.59 Å². The lowest BCUT2D eigenvalue weighted by atomic mass is 10.2. The van der Waals surface area contributed by atoms with E-state index < -0.39 is 0 Å². The summed E-state index contributed by atoms with van der Waals surface area (Å²) in [5.74, 6) is -0.121. The molecule has 0 unspecified atom stereocenters. The molecule has 2 amide bonds. The van der Waals surface area contributed by atoms with E-state index in [1.54, 1.807) is 11.9 Å². The van der Waals surface area contributed by atoms with Gasteiger partial charge in [-0.25, -0.2) is 0 Å². The standard InChI is InChI=1S/C12H23N3O2/c1-3-15(9-11(16)13-2)12(17)8-14-10-6-4-5-7-10/h10,14H,3-9H2,1-2H3,(H,13,16). The van der Waals surface area contributed by atoms with Gasteiger partial charge in [0.2, 0.25) is 11.8 Å². The Morgan fingerprint density at radius 1 is 1.29 bits per heavy atom. The first-order chi connectivity index (χ1) is 8.17. The number of nitrogens with zero attached hydrogens (tertiary/aromatic N) is 1. The largest absolute Gasteiger partial charge is 0.358 e. The van der Waals surface area contributed by atoms with Crippen LogP contribution in [0, 0.1) is 0 Å². The number of carbonyl (C=O) groups is 2. The fourth-order valence-corrected chi connectivity index (χ4v) is 2.10. The van der Waals surface area contributed by atoms with E-state index in [0.29, 0.717) is 19.1 Å². The van der Waals surface area contributed by atoms with Crippen LogP contribution in [-0.2, 0) is 9.59 Å². The molecule has 5 nitrogen and oxygen atoms in total. The van der Waals surface area contributed by atoms with E-state index in [9.17, 15) is 9.59 Å². The summed E-state index contributed by atoms with van der Waals surface area (Å²) in [6.07, 6.45) is 4.83. The molecule has 0 atom stereocenters. The van der Waals surface area contributed by atoms with Gasteiger partial charge >= 0.3 is 0 Å². The van der Waals surface area contributed by atoms with Crippen LogP contribution >= 0.6 is 0 Å². The average Bonchev–Trinajstić information content (AvgIpc) is 2.85. The first kappa shape index (κ1) is 14.0. The predicted octanol–water partition coefficient (Wildman–Crippen LogP) is 0.113. The smallest absolute Gasteiger partial charge is 0.239 e. The maximum Gasteiger partial charge on any atom is 0.239 e. The Kier molecular flexibility index (Phi) is 5.97. The van der Waals surface area contributed by atoms with Gasteiger partial charge in [-0.05, 0) is 19.8 Å². The highest BCUT2D eigenvalue weighted by atomic mass is 16.2. The fraction of sp³-hybridized carbons (Fsp3) is 0.833. The molecule has 0 radical (unpaired) electrons. The highest BCUT2D eigenvalue weighted by Crippen LogP contribution is 2.17. The number of likely N-dealkylation sites (N-methyl/N-ethyl adjacent to an activating group) is 2. The summed E-state index contributed by atoms with van der Waals surface area (Å²) in [5, 5.41) is 5.79. The topological polar surface area (TPSA) is 61.4 Å². The van der Waals surface area contributed by atoms with Crippen LogP contribution in [0.5, 0.6) is 0 Å². The number of hydrogen-bond acceptors (Lipinski definition) is 3. The molecule has 0 bridgehead atoms. The van der Waals surface area contributed by atoms with Gasteiger partial charge in [0.1, 0.15) is 0 Å². The first-order valence-corrected chi connectivity index (χ1v) is 6.39. The number of hydrogen-bond donors (Lipinski definition) is 2. The zero-order valence-corrected chi connectivity index (χ0v) is 10.8.